The van der Waals surface area contributed by atoms with Crippen molar-refractivity contribution < 1.29 is 22.7 Å². The third-order valence-electron chi connectivity index (χ3n) is 3.46. The highest BCUT2D eigenvalue weighted by atomic mass is 19.4. The van der Waals surface area contributed by atoms with Gasteiger partial charge in [-0.3, -0.25) is 4.79 Å². The van der Waals surface area contributed by atoms with Gasteiger partial charge in [-0.1, -0.05) is 12.1 Å². The molecule has 3 nitrogen and oxygen atoms in total. The first-order valence-electron chi connectivity index (χ1n) is 7.45. The molecule has 0 heterocycles. The van der Waals surface area contributed by atoms with E-state index in [9.17, 15) is 18.0 Å². The lowest BCUT2D eigenvalue weighted by Gasteiger charge is -2.18. The maximum Gasteiger partial charge on any atom is 0.416 e. The molecule has 1 amide bonds. The summed E-state index contributed by atoms with van der Waals surface area (Å²) < 4.78 is 43.0. The van der Waals surface area contributed by atoms with E-state index in [1.165, 1.54) is 17.0 Å². The maximum absolute atomic E-state index is 12.5. The van der Waals surface area contributed by atoms with Gasteiger partial charge in [0.1, 0.15) is 5.75 Å². The predicted octanol–water partition coefficient (Wildman–Crippen LogP) is 4.38. The molecular weight excluding hydrogens is 319 g/mol. The zero-order valence-corrected chi connectivity index (χ0v) is 13.4. The third kappa shape index (κ3) is 4.50. The second-order valence-electron chi connectivity index (χ2n) is 5.31. The van der Waals surface area contributed by atoms with Crippen LogP contribution >= 0.6 is 0 Å². The maximum atomic E-state index is 12.5. The number of ether oxygens (including phenoxy) is 1. The molecule has 0 aliphatic heterocycles. The van der Waals surface area contributed by atoms with Crippen molar-refractivity contribution in [3.63, 3.8) is 0 Å². The van der Waals surface area contributed by atoms with Crippen LogP contribution in [0.4, 0.5) is 13.2 Å². The summed E-state index contributed by atoms with van der Waals surface area (Å²) in [5.74, 6) is 0.470. The summed E-state index contributed by atoms with van der Waals surface area (Å²) in [4.78, 5) is 13.8. The average Bonchev–Trinajstić information content (AvgIpc) is 2.55. The van der Waals surface area contributed by atoms with Gasteiger partial charge in [0, 0.05) is 19.2 Å². The fraction of sp³-hybridized carbons (Fsp3) is 0.278. The Kier molecular flexibility index (Phi) is 5.49. The average molecular weight is 337 g/mol. The molecule has 0 aliphatic carbocycles. The van der Waals surface area contributed by atoms with Crippen LogP contribution in [0, 0.1) is 0 Å². The Balaban J connectivity index is 2.03. The van der Waals surface area contributed by atoms with E-state index in [1.54, 1.807) is 31.3 Å². The van der Waals surface area contributed by atoms with E-state index >= 15 is 0 Å². The van der Waals surface area contributed by atoms with Gasteiger partial charge in [0.25, 0.3) is 5.91 Å². The Morgan fingerprint density at radius 3 is 2.12 bits per heavy atom. The summed E-state index contributed by atoms with van der Waals surface area (Å²) in [6.07, 6.45) is -4.36. The zero-order valence-electron chi connectivity index (χ0n) is 13.4. The highest BCUT2D eigenvalue weighted by molar-refractivity contribution is 5.94. The molecule has 0 N–H and O–H groups in total. The summed E-state index contributed by atoms with van der Waals surface area (Å²) in [5, 5.41) is 0. The molecule has 6 heteroatoms. The van der Waals surface area contributed by atoms with Crippen molar-refractivity contribution in [1.29, 1.82) is 0 Å². The van der Waals surface area contributed by atoms with Gasteiger partial charge in [0.15, 0.2) is 0 Å². The number of carbonyl (C=O) groups is 1. The van der Waals surface area contributed by atoms with Gasteiger partial charge in [0.2, 0.25) is 0 Å². The number of halogens is 3. The van der Waals surface area contributed by atoms with Crippen LogP contribution in [0.15, 0.2) is 48.5 Å². The van der Waals surface area contributed by atoms with Gasteiger partial charge in [-0.05, 0) is 48.9 Å². The molecule has 128 valence electrons. The molecule has 0 unspecified atom stereocenters. The third-order valence-corrected chi connectivity index (χ3v) is 3.46. The second kappa shape index (κ2) is 7.38. The molecule has 2 aromatic rings. The molecule has 24 heavy (non-hydrogen) atoms. The van der Waals surface area contributed by atoms with Crippen LogP contribution in [0.1, 0.15) is 28.4 Å². The highest BCUT2D eigenvalue weighted by Crippen LogP contribution is 2.29. The molecule has 0 bridgehead atoms. The van der Waals surface area contributed by atoms with E-state index in [1.807, 2.05) is 6.92 Å². The van der Waals surface area contributed by atoms with Gasteiger partial charge < -0.3 is 9.64 Å². The number of hydrogen-bond donors (Lipinski definition) is 0. The zero-order chi connectivity index (χ0) is 17.7. The second-order valence-corrected chi connectivity index (χ2v) is 5.31. The summed E-state index contributed by atoms with van der Waals surface area (Å²) in [7, 11) is 1.61. The van der Waals surface area contributed by atoms with Crippen LogP contribution in [0.3, 0.4) is 0 Å². The van der Waals surface area contributed by atoms with E-state index in [-0.39, 0.29) is 12.5 Å². The predicted molar refractivity (Wildman–Crippen MR) is 84.9 cm³/mol. The standard InChI is InChI=1S/C18H18F3NO2/c1-3-24-16-10-6-14(7-11-16)17(23)22(2)12-13-4-8-15(9-5-13)18(19,20)21/h4-11H,3,12H2,1-2H3. The number of carbonyl (C=O) groups excluding carboxylic acids is 1. The molecule has 0 spiro atoms. The van der Waals surface area contributed by atoms with E-state index < -0.39 is 11.7 Å². The molecule has 0 atom stereocenters. The topological polar surface area (TPSA) is 29.5 Å². The molecule has 2 aromatic carbocycles. The van der Waals surface area contributed by atoms with Crippen LogP contribution in [-0.2, 0) is 12.7 Å². The van der Waals surface area contributed by atoms with Gasteiger partial charge in [-0.25, -0.2) is 0 Å². The first kappa shape index (κ1) is 17.8. The van der Waals surface area contributed by atoms with Crippen molar-refractivity contribution in [2.45, 2.75) is 19.6 Å². The number of benzene rings is 2. The lowest BCUT2D eigenvalue weighted by Crippen LogP contribution is -2.26. The number of alkyl halides is 3. The first-order valence-corrected chi connectivity index (χ1v) is 7.45. The van der Waals surface area contributed by atoms with Crippen molar-refractivity contribution >= 4 is 5.91 Å². The monoisotopic (exact) mass is 337 g/mol. The quantitative estimate of drug-likeness (QED) is 0.810. The van der Waals surface area contributed by atoms with E-state index in [2.05, 4.69) is 0 Å². The number of amides is 1. The Labute approximate surface area is 138 Å². The first-order chi connectivity index (χ1) is 11.3. The lowest BCUT2D eigenvalue weighted by atomic mass is 10.1. The minimum Gasteiger partial charge on any atom is -0.494 e. The van der Waals surface area contributed by atoms with Crippen molar-refractivity contribution in [2.75, 3.05) is 13.7 Å². The number of hydrogen-bond acceptors (Lipinski definition) is 2. The normalized spacial score (nSPS) is 11.2. The summed E-state index contributed by atoms with van der Waals surface area (Å²) >= 11 is 0. The Morgan fingerprint density at radius 2 is 1.62 bits per heavy atom. The van der Waals surface area contributed by atoms with Crippen molar-refractivity contribution in [1.82, 2.24) is 4.90 Å². The largest absolute Gasteiger partial charge is 0.494 e. The van der Waals surface area contributed by atoms with Crippen LogP contribution in [0.5, 0.6) is 5.75 Å². The van der Waals surface area contributed by atoms with Gasteiger partial charge in [-0.2, -0.15) is 13.2 Å². The fourth-order valence-electron chi connectivity index (χ4n) is 2.23. The Morgan fingerprint density at radius 1 is 1.04 bits per heavy atom. The van der Waals surface area contributed by atoms with Crippen LogP contribution in [0.25, 0.3) is 0 Å². The summed E-state index contributed by atoms with van der Waals surface area (Å²) in [6.45, 7) is 2.64. The molecule has 0 saturated carbocycles. The van der Waals surface area contributed by atoms with E-state index in [4.69, 9.17) is 4.74 Å². The van der Waals surface area contributed by atoms with Crippen molar-refractivity contribution in [2.24, 2.45) is 0 Å². The summed E-state index contributed by atoms with van der Waals surface area (Å²) in [6, 6.07) is 11.5. The molecular formula is C18H18F3NO2. The van der Waals surface area contributed by atoms with Gasteiger partial charge in [0.05, 0.1) is 12.2 Å². The Hall–Kier alpha value is -2.50. The lowest BCUT2D eigenvalue weighted by molar-refractivity contribution is -0.137. The summed E-state index contributed by atoms with van der Waals surface area (Å²) in [5.41, 5.74) is 0.421. The minimum atomic E-state index is -4.36. The fourth-order valence-corrected chi connectivity index (χ4v) is 2.23. The Bertz CT molecular complexity index is 679. The van der Waals surface area contributed by atoms with Crippen molar-refractivity contribution in [3.8, 4) is 5.75 Å². The van der Waals surface area contributed by atoms with Gasteiger partial charge >= 0.3 is 6.18 Å². The smallest absolute Gasteiger partial charge is 0.416 e. The molecule has 0 aromatic heterocycles. The van der Waals surface area contributed by atoms with Crippen molar-refractivity contribution in [3.05, 3.63) is 65.2 Å². The molecule has 0 radical (unpaired) electrons. The van der Waals surface area contributed by atoms with Crippen LogP contribution in [-0.4, -0.2) is 24.5 Å². The van der Waals surface area contributed by atoms with Crippen LogP contribution < -0.4 is 4.74 Å². The molecule has 2 rings (SSSR count). The highest BCUT2D eigenvalue weighted by Gasteiger charge is 2.30. The van der Waals surface area contributed by atoms with E-state index in [0.717, 1.165) is 12.1 Å². The number of rotatable bonds is 5. The number of nitrogens with zero attached hydrogens (tertiary/aromatic N) is 1. The molecule has 0 aliphatic rings. The molecule has 0 fully saturated rings. The van der Waals surface area contributed by atoms with Gasteiger partial charge in [-0.15, -0.1) is 0 Å². The molecule has 0 saturated heterocycles. The van der Waals surface area contributed by atoms with Crippen LogP contribution in [0.2, 0.25) is 0 Å². The minimum absolute atomic E-state index is 0.210. The van der Waals surface area contributed by atoms with E-state index in [0.29, 0.717) is 23.5 Å². The SMILES string of the molecule is CCOc1ccc(C(=O)N(C)Cc2ccc(C(F)(F)F)cc2)cc1.